The average Bonchev–Trinajstić information content (AvgIpc) is 2.43. The minimum Gasteiger partial charge on any atom is -0.396 e. The van der Waals surface area contributed by atoms with E-state index in [4.69, 9.17) is 28.9 Å². The van der Waals surface area contributed by atoms with Crippen molar-refractivity contribution in [2.45, 2.75) is 31.8 Å². The van der Waals surface area contributed by atoms with Crippen LogP contribution < -0.4 is 11.1 Å². The molecule has 20 heavy (non-hydrogen) atoms. The van der Waals surface area contributed by atoms with E-state index in [2.05, 4.69) is 5.32 Å². The van der Waals surface area contributed by atoms with Gasteiger partial charge in [-0.15, -0.1) is 0 Å². The van der Waals surface area contributed by atoms with Crippen molar-refractivity contribution in [3.8, 4) is 0 Å². The monoisotopic (exact) mass is 316 g/mol. The van der Waals surface area contributed by atoms with Crippen molar-refractivity contribution in [1.82, 2.24) is 5.32 Å². The number of aliphatic hydroxyl groups is 1. The summed E-state index contributed by atoms with van der Waals surface area (Å²) in [7, 11) is 0. The summed E-state index contributed by atoms with van der Waals surface area (Å²) in [5.41, 5.74) is 6.28. The van der Waals surface area contributed by atoms with Crippen LogP contribution in [0.15, 0.2) is 12.1 Å². The smallest absolute Gasteiger partial charge is 0.251 e. The van der Waals surface area contributed by atoms with Crippen LogP contribution in [0, 0.1) is 5.92 Å². The molecule has 1 amide bonds. The van der Waals surface area contributed by atoms with Gasteiger partial charge in [0.15, 0.2) is 0 Å². The zero-order chi connectivity index (χ0) is 14.7. The van der Waals surface area contributed by atoms with Gasteiger partial charge in [0.2, 0.25) is 0 Å². The average molecular weight is 317 g/mol. The van der Waals surface area contributed by atoms with E-state index in [0.717, 1.165) is 25.7 Å². The van der Waals surface area contributed by atoms with E-state index in [1.165, 1.54) is 12.1 Å². The largest absolute Gasteiger partial charge is 0.396 e. The molecule has 1 aromatic carbocycles. The molecule has 4 nitrogen and oxygen atoms in total. The summed E-state index contributed by atoms with van der Waals surface area (Å²) in [4.78, 5) is 12.1. The molecule has 0 aliphatic heterocycles. The minimum absolute atomic E-state index is 0.118. The molecule has 0 spiro atoms. The van der Waals surface area contributed by atoms with Crippen molar-refractivity contribution in [3.63, 3.8) is 0 Å². The second-order valence-corrected chi connectivity index (χ2v) is 5.99. The first kappa shape index (κ1) is 15.4. The van der Waals surface area contributed by atoms with Gasteiger partial charge in [0.1, 0.15) is 0 Å². The third-order valence-corrected chi connectivity index (χ3v) is 4.36. The zero-order valence-corrected chi connectivity index (χ0v) is 12.5. The van der Waals surface area contributed by atoms with Crippen LogP contribution in [0.25, 0.3) is 0 Å². The number of nitrogens with one attached hydrogen (secondary N) is 1. The third kappa shape index (κ3) is 3.57. The Balaban J connectivity index is 1.98. The van der Waals surface area contributed by atoms with Gasteiger partial charge in [-0.05, 0) is 25.0 Å². The molecule has 2 rings (SSSR count). The topological polar surface area (TPSA) is 75.4 Å². The summed E-state index contributed by atoms with van der Waals surface area (Å²) >= 11 is 11.8. The molecule has 6 heteroatoms. The number of nitrogen functional groups attached to an aromatic ring is 1. The fourth-order valence-corrected chi connectivity index (χ4v) is 2.95. The van der Waals surface area contributed by atoms with Gasteiger partial charge in [-0.2, -0.15) is 0 Å². The second kappa shape index (κ2) is 6.66. The van der Waals surface area contributed by atoms with Crippen LogP contribution in [0.1, 0.15) is 36.0 Å². The van der Waals surface area contributed by atoms with Gasteiger partial charge in [0, 0.05) is 18.0 Å². The van der Waals surface area contributed by atoms with Gasteiger partial charge in [0.25, 0.3) is 5.91 Å². The van der Waals surface area contributed by atoms with Crippen molar-refractivity contribution in [2.75, 3.05) is 12.3 Å². The van der Waals surface area contributed by atoms with Gasteiger partial charge < -0.3 is 16.2 Å². The molecule has 0 saturated heterocycles. The maximum atomic E-state index is 12.1. The predicted molar refractivity (Wildman–Crippen MR) is 81.2 cm³/mol. The van der Waals surface area contributed by atoms with E-state index in [1.807, 2.05) is 0 Å². The van der Waals surface area contributed by atoms with Crippen LogP contribution in [-0.4, -0.2) is 23.7 Å². The number of benzene rings is 1. The Bertz CT molecular complexity index is 485. The molecular formula is C14H18Cl2N2O2. The lowest BCUT2D eigenvalue weighted by atomic mass is 9.86. The minimum atomic E-state index is -0.331. The number of carbonyl (C=O) groups is 1. The van der Waals surface area contributed by atoms with Crippen LogP contribution in [-0.2, 0) is 0 Å². The molecule has 1 aliphatic carbocycles. The standard InChI is InChI=1S/C14H18Cl2N2O2/c15-10-5-9(6-11(16)13(10)17)14(20)18-7-8-3-1-2-4-12(8)19/h5-6,8,12,19H,1-4,7,17H2,(H,18,20). The van der Waals surface area contributed by atoms with Crippen molar-refractivity contribution in [1.29, 1.82) is 0 Å². The molecule has 0 heterocycles. The fraction of sp³-hybridized carbons (Fsp3) is 0.500. The van der Waals surface area contributed by atoms with E-state index in [9.17, 15) is 9.90 Å². The normalized spacial score (nSPS) is 22.6. The molecule has 1 saturated carbocycles. The molecule has 0 aromatic heterocycles. The molecule has 1 fully saturated rings. The van der Waals surface area contributed by atoms with E-state index in [1.54, 1.807) is 0 Å². The Morgan fingerprint density at radius 2 is 1.90 bits per heavy atom. The predicted octanol–water partition coefficient (Wildman–Crippen LogP) is 2.86. The summed E-state index contributed by atoms with van der Waals surface area (Å²) in [6, 6.07) is 2.99. The first-order valence-corrected chi connectivity index (χ1v) is 7.45. The van der Waals surface area contributed by atoms with E-state index in [-0.39, 0.29) is 33.7 Å². The van der Waals surface area contributed by atoms with Crippen LogP contribution in [0.2, 0.25) is 10.0 Å². The lowest BCUT2D eigenvalue weighted by Crippen LogP contribution is -2.36. The summed E-state index contributed by atoms with van der Waals surface area (Å²) < 4.78 is 0. The SMILES string of the molecule is Nc1c(Cl)cc(C(=O)NCC2CCCCC2O)cc1Cl. The summed E-state index contributed by atoms with van der Waals surface area (Å²) in [6.45, 7) is 0.458. The van der Waals surface area contributed by atoms with Crippen LogP contribution >= 0.6 is 23.2 Å². The zero-order valence-electron chi connectivity index (χ0n) is 11.0. The highest BCUT2D eigenvalue weighted by Crippen LogP contribution is 2.29. The van der Waals surface area contributed by atoms with Crippen LogP contribution in [0.4, 0.5) is 5.69 Å². The van der Waals surface area contributed by atoms with Crippen molar-refractivity contribution in [3.05, 3.63) is 27.7 Å². The molecule has 1 aromatic rings. The molecule has 0 bridgehead atoms. The van der Waals surface area contributed by atoms with Gasteiger partial charge in [-0.25, -0.2) is 0 Å². The summed E-state index contributed by atoms with van der Waals surface area (Å²) in [6.07, 6.45) is 3.55. The highest BCUT2D eigenvalue weighted by atomic mass is 35.5. The van der Waals surface area contributed by atoms with Crippen molar-refractivity contribution in [2.24, 2.45) is 5.92 Å². The number of rotatable bonds is 3. The molecule has 1 aliphatic rings. The first-order chi connectivity index (χ1) is 9.49. The number of hydrogen-bond donors (Lipinski definition) is 3. The lowest BCUT2D eigenvalue weighted by molar-refractivity contribution is 0.0663. The Morgan fingerprint density at radius 3 is 2.50 bits per heavy atom. The quantitative estimate of drug-likeness (QED) is 0.750. The van der Waals surface area contributed by atoms with E-state index < -0.39 is 0 Å². The van der Waals surface area contributed by atoms with E-state index >= 15 is 0 Å². The number of carbonyl (C=O) groups excluding carboxylic acids is 1. The molecule has 110 valence electrons. The molecule has 2 unspecified atom stereocenters. The maximum Gasteiger partial charge on any atom is 0.251 e. The number of amides is 1. The molecule has 4 N–H and O–H groups in total. The van der Waals surface area contributed by atoms with E-state index in [0.29, 0.717) is 12.1 Å². The number of anilines is 1. The number of halogens is 2. The Labute approximate surface area is 128 Å². The lowest BCUT2D eigenvalue weighted by Gasteiger charge is -2.27. The Hall–Kier alpha value is -0.970. The number of nitrogens with two attached hydrogens (primary N) is 1. The highest BCUT2D eigenvalue weighted by Gasteiger charge is 2.23. The highest BCUT2D eigenvalue weighted by molar-refractivity contribution is 6.39. The summed E-state index contributed by atoms with van der Waals surface area (Å²) in [5, 5.41) is 13.2. The van der Waals surface area contributed by atoms with Gasteiger partial charge in [-0.1, -0.05) is 36.0 Å². The Kier molecular flexibility index (Phi) is 5.13. The van der Waals surface area contributed by atoms with Gasteiger partial charge in [-0.3, -0.25) is 4.79 Å². The summed E-state index contributed by atoms with van der Waals surface area (Å²) in [5.74, 6) is -0.140. The van der Waals surface area contributed by atoms with Gasteiger partial charge >= 0.3 is 0 Å². The fourth-order valence-electron chi connectivity index (χ4n) is 2.47. The Morgan fingerprint density at radius 1 is 1.30 bits per heavy atom. The van der Waals surface area contributed by atoms with Crippen LogP contribution in [0.3, 0.4) is 0 Å². The molecule has 0 radical (unpaired) electrons. The van der Waals surface area contributed by atoms with Crippen LogP contribution in [0.5, 0.6) is 0 Å². The van der Waals surface area contributed by atoms with Crippen molar-refractivity contribution >= 4 is 34.8 Å². The van der Waals surface area contributed by atoms with Crippen molar-refractivity contribution < 1.29 is 9.90 Å². The number of hydrogen-bond acceptors (Lipinski definition) is 3. The molecular weight excluding hydrogens is 299 g/mol. The second-order valence-electron chi connectivity index (χ2n) is 5.18. The van der Waals surface area contributed by atoms with Gasteiger partial charge in [0.05, 0.1) is 21.8 Å². The first-order valence-electron chi connectivity index (χ1n) is 6.70. The number of aliphatic hydroxyl groups excluding tert-OH is 1. The maximum absolute atomic E-state index is 12.1. The molecule has 2 atom stereocenters. The third-order valence-electron chi connectivity index (χ3n) is 3.74.